The molecule has 1 amide bonds. The fraction of sp³-hybridized carbons (Fsp3) is 0.0588. The van der Waals surface area contributed by atoms with Crippen LogP contribution in [0.25, 0.3) is 21.9 Å². The fourth-order valence-corrected chi connectivity index (χ4v) is 2.71. The van der Waals surface area contributed by atoms with Gasteiger partial charge in [0.15, 0.2) is 0 Å². The van der Waals surface area contributed by atoms with Crippen LogP contribution < -0.4 is 15.7 Å². The molecule has 0 saturated carbocycles. The summed E-state index contributed by atoms with van der Waals surface area (Å²) in [7, 11) is 0. The van der Waals surface area contributed by atoms with Crippen molar-refractivity contribution in [1.29, 1.82) is 0 Å². The number of aromatic nitrogens is 3. The Morgan fingerprint density at radius 3 is 2.58 bits per heavy atom. The van der Waals surface area contributed by atoms with Gasteiger partial charge in [-0.2, -0.15) is 8.78 Å². The Kier molecular flexibility index (Phi) is 3.68. The summed E-state index contributed by atoms with van der Waals surface area (Å²) in [5.41, 5.74) is 2.12. The molecule has 0 atom stereocenters. The van der Waals surface area contributed by atoms with Crippen molar-refractivity contribution in [2.24, 2.45) is 0 Å². The van der Waals surface area contributed by atoms with Crippen LogP contribution in [0.4, 0.5) is 14.5 Å². The van der Waals surface area contributed by atoms with E-state index in [2.05, 4.69) is 25.0 Å². The molecule has 4 N–H and O–H groups in total. The lowest BCUT2D eigenvalue weighted by Crippen LogP contribution is -2.12. The number of carbonyl (C=O) groups excluding carboxylic acids is 1. The second kappa shape index (κ2) is 6.03. The number of hydrogen-bond donors (Lipinski definition) is 4. The van der Waals surface area contributed by atoms with Crippen molar-refractivity contribution in [1.82, 2.24) is 15.0 Å². The number of benzene rings is 2. The highest BCUT2D eigenvalue weighted by molar-refractivity contribution is 6.06. The molecule has 0 aliphatic rings. The highest BCUT2D eigenvalue weighted by Gasteiger charge is 2.12. The summed E-state index contributed by atoms with van der Waals surface area (Å²) >= 11 is 0. The van der Waals surface area contributed by atoms with Crippen LogP contribution in [0.2, 0.25) is 0 Å². The quantitative estimate of drug-likeness (QED) is 0.450. The summed E-state index contributed by atoms with van der Waals surface area (Å²) < 4.78 is 28.9. The van der Waals surface area contributed by atoms with Gasteiger partial charge in [0.1, 0.15) is 11.4 Å². The third kappa shape index (κ3) is 3.02. The van der Waals surface area contributed by atoms with E-state index in [1.54, 1.807) is 30.3 Å². The number of hydrogen-bond acceptors (Lipinski definition) is 3. The average Bonchev–Trinajstić information content (AvgIpc) is 3.15. The molecule has 0 aliphatic heterocycles. The average molecular weight is 358 g/mol. The topological polar surface area (TPSA) is 103 Å². The summed E-state index contributed by atoms with van der Waals surface area (Å²) in [5.74, 6) is -0.405. The fourth-order valence-electron chi connectivity index (χ4n) is 2.71. The highest BCUT2D eigenvalue weighted by atomic mass is 19.3. The molecular weight excluding hydrogens is 346 g/mol. The molecule has 4 aromatic rings. The molecule has 0 saturated heterocycles. The third-order valence-corrected chi connectivity index (χ3v) is 3.84. The number of anilines is 1. The zero-order valence-electron chi connectivity index (χ0n) is 13.1. The normalized spacial score (nSPS) is 11.3. The number of ether oxygens (including phenoxy) is 1. The zero-order valence-corrected chi connectivity index (χ0v) is 13.1. The first-order valence-electron chi connectivity index (χ1n) is 7.59. The van der Waals surface area contributed by atoms with Crippen LogP contribution in [0.1, 0.15) is 10.5 Å². The molecule has 4 rings (SSSR count). The van der Waals surface area contributed by atoms with Gasteiger partial charge in [-0.25, -0.2) is 4.79 Å². The van der Waals surface area contributed by atoms with Crippen molar-refractivity contribution in [3.05, 3.63) is 58.6 Å². The summed E-state index contributed by atoms with van der Waals surface area (Å²) in [6, 6.07) is 10.9. The summed E-state index contributed by atoms with van der Waals surface area (Å²) in [5, 5.41) is 3.39. The Hall–Kier alpha value is -3.62. The Balaban J connectivity index is 1.59. The molecule has 0 fully saturated rings. The molecule has 0 bridgehead atoms. The van der Waals surface area contributed by atoms with Crippen LogP contribution >= 0.6 is 0 Å². The van der Waals surface area contributed by atoms with Crippen molar-refractivity contribution < 1.29 is 18.3 Å². The minimum Gasteiger partial charge on any atom is -0.435 e. The summed E-state index contributed by atoms with van der Waals surface area (Å²) in [6.45, 7) is -2.92. The van der Waals surface area contributed by atoms with Gasteiger partial charge < -0.3 is 25.0 Å². The van der Waals surface area contributed by atoms with Crippen LogP contribution in [0.15, 0.2) is 47.3 Å². The molecule has 2 aromatic heterocycles. The monoisotopic (exact) mass is 358 g/mol. The molecule has 0 radical (unpaired) electrons. The first-order valence-corrected chi connectivity index (χ1v) is 7.59. The minimum absolute atomic E-state index is 0.00294. The van der Waals surface area contributed by atoms with Crippen LogP contribution in [0.3, 0.4) is 0 Å². The van der Waals surface area contributed by atoms with Crippen LogP contribution in [0, 0.1) is 0 Å². The van der Waals surface area contributed by atoms with E-state index in [9.17, 15) is 18.4 Å². The van der Waals surface area contributed by atoms with Gasteiger partial charge in [-0.3, -0.25) is 4.79 Å². The second-order valence-corrected chi connectivity index (χ2v) is 5.60. The van der Waals surface area contributed by atoms with E-state index in [1.807, 2.05) is 0 Å². The SMILES string of the molecule is O=C(Nc1ccc2[nH]c(=O)[nH]c2c1)c1cc2ccc(OC(F)F)cc2[nH]1. The Labute approximate surface area is 144 Å². The molecule has 2 heterocycles. The number of H-pyrrole nitrogens is 3. The molecule has 0 unspecified atom stereocenters. The van der Waals surface area contributed by atoms with Gasteiger partial charge in [0, 0.05) is 22.7 Å². The molecule has 0 aliphatic carbocycles. The van der Waals surface area contributed by atoms with Gasteiger partial charge >= 0.3 is 12.3 Å². The van der Waals surface area contributed by atoms with E-state index >= 15 is 0 Å². The number of rotatable bonds is 4. The van der Waals surface area contributed by atoms with E-state index in [4.69, 9.17) is 0 Å². The van der Waals surface area contributed by atoms with Crippen molar-refractivity contribution in [2.45, 2.75) is 6.61 Å². The predicted molar refractivity (Wildman–Crippen MR) is 91.8 cm³/mol. The van der Waals surface area contributed by atoms with E-state index in [0.717, 1.165) is 0 Å². The van der Waals surface area contributed by atoms with Gasteiger partial charge in [0.25, 0.3) is 5.91 Å². The number of amides is 1. The second-order valence-electron chi connectivity index (χ2n) is 5.60. The van der Waals surface area contributed by atoms with Gasteiger partial charge in [-0.05, 0) is 36.4 Å². The van der Waals surface area contributed by atoms with E-state index in [0.29, 0.717) is 27.6 Å². The van der Waals surface area contributed by atoms with Crippen LogP contribution in [0.5, 0.6) is 5.75 Å². The zero-order chi connectivity index (χ0) is 18.3. The Morgan fingerprint density at radius 2 is 1.77 bits per heavy atom. The van der Waals surface area contributed by atoms with Crippen molar-refractivity contribution in [3.8, 4) is 5.75 Å². The number of alkyl halides is 2. The van der Waals surface area contributed by atoms with E-state index in [1.165, 1.54) is 12.1 Å². The number of fused-ring (bicyclic) bond motifs is 2. The maximum absolute atomic E-state index is 12.4. The van der Waals surface area contributed by atoms with Crippen molar-refractivity contribution in [3.63, 3.8) is 0 Å². The summed E-state index contributed by atoms with van der Waals surface area (Å²) in [6.07, 6.45) is 0. The molecule has 26 heavy (non-hydrogen) atoms. The lowest BCUT2D eigenvalue weighted by Gasteiger charge is -2.04. The van der Waals surface area contributed by atoms with Gasteiger partial charge in [0.05, 0.1) is 11.0 Å². The summed E-state index contributed by atoms with van der Waals surface area (Å²) in [4.78, 5) is 31.8. The first kappa shape index (κ1) is 15.9. The van der Waals surface area contributed by atoms with Crippen molar-refractivity contribution in [2.75, 3.05) is 5.32 Å². The number of nitrogens with one attached hydrogen (secondary N) is 4. The molecule has 7 nitrogen and oxygen atoms in total. The molecule has 132 valence electrons. The Morgan fingerprint density at radius 1 is 0.962 bits per heavy atom. The number of halogens is 2. The van der Waals surface area contributed by atoms with Gasteiger partial charge in [-0.15, -0.1) is 0 Å². The van der Waals surface area contributed by atoms with E-state index < -0.39 is 12.5 Å². The lowest BCUT2D eigenvalue weighted by atomic mass is 10.2. The standard InChI is InChI=1S/C17H12F2N4O3/c18-16(19)26-10-3-1-8-5-14(21-12(8)7-10)15(24)20-9-2-4-11-13(6-9)23-17(25)22-11/h1-7,16,21H,(H,20,24)(H2,22,23,25). The predicted octanol–water partition coefficient (Wildman–Crippen LogP) is 3.19. The largest absolute Gasteiger partial charge is 0.435 e. The minimum atomic E-state index is -2.92. The maximum atomic E-state index is 12.4. The number of aromatic amines is 3. The van der Waals surface area contributed by atoms with Gasteiger partial charge in [-0.1, -0.05) is 0 Å². The van der Waals surface area contributed by atoms with Crippen LogP contribution in [-0.4, -0.2) is 27.5 Å². The maximum Gasteiger partial charge on any atom is 0.387 e. The third-order valence-electron chi connectivity index (χ3n) is 3.84. The van der Waals surface area contributed by atoms with Crippen molar-refractivity contribution >= 4 is 33.5 Å². The molecule has 2 aromatic carbocycles. The molecule has 9 heteroatoms. The molecule has 0 spiro atoms. The lowest BCUT2D eigenvalue weighted by molar-refractivity contribution is -0.0497. The van der Waals surface area contributed by atoms with Gasteiger partial charge in [0.2, 0.25) is 0 Å². The smallest absolute Gasteiger partial charge is 0.387 e. The molecular formula is C17H12F2N4O3. The van der Waals surface area contributed by atoms with E-state index in [-0.39, 0.29) is 17.1 Å². The van der Waals surface area contributed by atoms with Crippen LogP contribution in [-0.2, 0) is 0 Å². The number of imidazole rings is 1. The first-order chi connectivity index (χ1) is 12.5. The highest BCUT2D eigenvalue weighted by Crippen LogP contribution is 2.23. The Bertz CT molecular complexity index is 1180. The number of carbonyl (C=O) groups is 1.